The number of amides is 1. The summed E-state index contributed by atoms with van der Waals surface area (Å²) in [4.78, 5) is 23.4. The zero-order valence-electron chi connectivity index (χ0n) is 12.1. The highest BCUT2D eigenvalue weighted by molar-refractivity contribution is 5.85. The molecule has 0 aromatic heterocycles. The minimum absolute atomic E-state index is 0.110. The molecule has 3 N–H and O–H groups in total. The molecule has 2 aliphatic rings. The molecule has 0 spiro atoms. The first-order valence-corrected chi connectivity index (χ1v) is 7.86. The van der Waals surface area contributed by atoms with E-state index in [4.69, 9.17) is 0 Å². The van der Waals surface area contributed by atoms with Crippen LogP contribution in [0.1, 0.15) is 57.8 Å². The molecule has 5 nitrogen and oxygen atoms in total. The summed E-state index contributed by atoms with van der Waals surface area (Å²) in [7, 11) is 0. The number of aliphatic carboxylic acids is 1. The Morgan fingerprint density at radius 1 is 1.10 bits per heavy atom. The first kappa shape index (κ1) is 15.3. The quantitative estimate of drug-likeness (QED) is 0.592. The Balaban J connectivity index is 1.66. The van der Waals surface area contributed by atoms with Crippen LogP contribution in [-0.4, -0.2) is 36.1 Å². The number of carboxylic acid groups (broad SMARTS) is 1. The van der Waals surface area contributed by atoms with Crippen LogP contribution >= 0.6 is 0 Å². The highest BCUT2D eigenvalue weighted by Gasteiger charge is 2.41. The van der Waals surface area contributed by atoms with Gasteiger partial charge in [0, 0.05) is 19.0 Å². The second kappa shape index (κ2) is 7.07. The van der Waals surface area contributed by atoms with Crippen LogP contribution in [0, 0.1) is 5.41 Å². The van der Waals surface area contributed by atoms with Gasteiger partial charge in [0.2, 0.25) is 5.91 Å². The van der Waals surface area contributed by atoms with Crippen molar-refractivity contribution in [2.75, 3.05) is 13.1 Å². The van der Waals surface area contributed by atoms with Gasteiger partial charge in [-0.15, -0.1) is 0 Å². The van der Waals surface area contributed by atoms with E-state index in [1.54, 1.807) is 0 Å². The molecule has 2 saturated carbocycles. The van der Waals surface area contributed by atoms with Crippen LogP contribution in [-0.2, 0) is 9.59 Å². The third-order valence-electron chi connectivity index (χ3n) is 4.45. The Hall–Kier alpha value is -1.10. The van der Waals surface area contributed by atoms with Crippen LogP contribution in [0.15, 0.2) is 0 Å². The fourth-order valence-corrected chi connectivity index (χ4v) is 2.97. The minimum Gasteiger partial charge on any atom is -0.481 e. The lowest BCUT2D eigenvalue weighted by Crippen LogP contribution is -2.39. The molecule has 0 aromatic rings. The second-order valence-electron chi connectivity index (χ2n) is 6.25. The molecule has 0 saturated heterocycles. The maximum absolute atomic E-state index is 11.9. The van der Waals surface area contributed by atoms with E-state index in [1.807, 2.05) is 0 Å². The van der Waals surface area contributed by atoms with Crippen molar-refractivity contribution in [2.45, 2.75) is 63.8 Å². The van der Waals surface area contributed by atoms with Crippen LogP contribution in [0.25, 0.3) is 0 Å². The van der Waals surface area contributed by atoms with Crippen molar-refractivity contribution < 1.29 is 14.7 Å². The highest BCUT2D eigenvalue weighted by Crippen LogP contribution is 2.39. The lowest BCUT2D eigenvalue weighted by atomic mass is 9.71. The largest absolute Gasteiger partial charge is 0.481 e. The van der Waals surface area contributed by atoms with Crippen LogP contribution in [0.2, 0.25) is 0 Å². The van der Waals surface area contributed by atoms with E-state index in [-0.39, 0.29) is 12.3 Å². The number of carbonyl (C=O) groups is 2. The number of rotatable bonds is 8. The minimum atomic E-state index is -0.811. The van der Waals surface area contributed by atoms with Gasteiger partial charge in [-0.3, -0.25) is 9.59 Å². The third kappa shape index (κ3) is 4.47. The Morgan fingerprint density at radius 3 is 2.40 bits per heavy atom. The lowest BCUT2D eigenvalue weighted by molar-refractivity contribution is -0.154. The summed E-state index contributed by atoms with van der Waals surface area (Å²) in [5.74, 6) is -0.913. The SMILES string of the molecule is O=C(CC1(C(=O)O)CCCCC1)NCCCNC1CC1. The van der Waals surface area contributed by atoms with Gasteiger partial charge in [-0.2, -0.15) is 0 Å². The molecule has 20 heavy (non-hydrogen) atoms. The zero-order valence-corrected chi connectivity index (χ0v) is 12.1. The fourth-order valence-electron chi connectivity index (χ4n) is 2.97. The van der Waals surface area contributed by atoms with E-state index in [9.17, 15) is 14.7 Å². The van der Waals surface area contributed by atoms with Gasteiger partial charge in [0.25, 0.3) is 0 Å². The topological polar surface area (TPSA) is 78.4 Å². The molecule has 114 valence electrons. The Morgan fingerprint density at radius 2 is 1.80 bits per heavy atom. The predicted octanol–water partition coefficient (Wildman–Crippen LogP) is 1.67. The second-order valence-corrected chi connectivity index (χ2v) is 6.25. The van der Waals surface area contributed by atoms with Gasteiger partial charge in [0.05, 0.1) is 5.41 Å². The van der Waals surface area contributed by atoms with Gasteiger partial charge in [-0.1, -0.05) is 19.3 Å². The summed E-state index contributed by atoms with van der Waals surface area (Å²) < 4.78 is 0. The first-order chi connectivity index (χ1) is 9.62. The van der Waals surface area contributed by atoms with Crippen molar-refractivity contribution in [3.8, 4) is 0 Å². The monoisotopic (exact) mass is 282 g/mol. The van der Waals surface area contributed by atoms with Crippen molar-refractivity contribution in [1.29, 1.82) is 0 Å². The maximum atomic E-state index is 11.9. The number of hydrogen-bond acceptors (Lipinski definition) is 3. The summed E-state index contributed by atoms with van der Waals surface area (Å²) in [5, 5.41) is 15.7. The fraction of sp³-hybridized carbons (Fsp3) is 0.867. The molecular formula is C15H26N2O3. The summed E-state index contributed by atoms with van der Waals surface area (Å²) >= 11 is 0. The maximum Gasteiger partial charge on any atom is 0.310 e. The molecule has 0 heterocycles. The lowest BCUT2D eigenvalue weighted by Gasteiger charge is -2.32. The van der Waals surface area contributed by atoms with E-state index in [0.717, 1.165) is 32.2 Å². The molecular weight excluding hydrogens is 256 g/mol. The third-order valence-corrected chi connectivity index (χ3v) is 4.45. The summed E-state index contributed by atoms with van der Waals surface area (Å²) in [5.41, 5.74) is -0.811. The Bertz CT molecular complexity index is 347. The molecule has 2 aliphatic carbocycles. The van der Waals surface area contributed by atoms with E-state index >= 15 is 0 Å². The average molecular weight is 282 g/mol. The van der Waals surface area contributed by atoms with Crippen LogP contribution in [0.3, 0.4) is 0 Å². The van der Waals surface area contributed by atoms with Crippen LogP contribution in [0.5, 0.6) is 0 Å². The molecule has 5 heteroatoms. The summed E-state index contributed by atoms with van der Waals surface area (Å²) in [6, 6.07) is 0.697. The van der Waals surface area contributed by atoms with E-state index in [1.165, 1.54) is 12.8 Å². The van der Waals surface area contributed by atoms with E-state index in [0.29, 0.717) is 25.4 Å². The number of carbonyl (C=O) groups excluding carboxylic acids is 1. The smallest absolute Gasteiger partial charge is 0.310 e. The number of nitrogens with one attached hydrogen (secondary N) is 2. The molecule has 0 aliphatic heterocycles. The zero-order chi connectivity index (χ0) is 14.4. The van der Waals surface area contributed by atoms with Crippen LogP contribution < -0.4 is 10.6 Å². The van der Waals surface area contributed by atoms with Crippen molar-refractivity contribution in [3.05, 3.63) is 0 Å². The van der Waals surface area contributed by atoms with Gasteiger partial charge in [0.1, 0.15) is 0 Å². The van der Waals surface area contributed by atoms with Crippen molar-refractivity contribution >= 4 is 11.9 Å². The van der Waals surface area contributed by atoms with Crippen molar-refractivity contribution in [3.63, 3.8) is 0 Å². The van der Waals surface area contributed by atoms with Gasteiger partial charge >= 0.3 is 5.97 Å². The van der Waals surface area contributed by atoms with Gasteiger partial charge < -0.3 is 15.7 Å². The van der Waals surface area contributed by atoms with Gasteiger partial charge in [-0.25, -0.2) is 0 Å². The number of hydrogen-bond donors (Lipinski definition) is 3. The van der Waals surface area contributed by atoms with Crippen molar-refractivity contribution in [2.24, 2.45) is 5.41 Å². The Labute approximate surface area is 120 Å². The van der Waals surface area contributed by atoms with E-state index < -0.39 is 11.4 Å². The molecule has 0 atom stereocenters. The molecule has 0 unspecified atom stereocenters. The van der Waals surface area contributed by atoms with Crippen molar-refractivity contribution in [1.82, 2.24) is 10.6 Å². The molecule has 1 amide bonds. The van der Waals surface area contributed by atoms with Gasteiger partial charge in [0.15, 0.2) is 0 Å². The molecule has 2 rings (SSSR count). The molecule has 0 bridgehead atoms. The highest BCUT2D eigenvalue weighted by atomic mass is 16.4. The van der Waals surface area contributed by atoms with Gasteiger partial charge in [-0.05, 0) is 38.6 Å². The molecule has 2 fully saturated rings. The molecule has 0 aromatic carbocycles. The Kier molecular flexibility index (Phi) is 5.40. The normalized spacial score (nSPS) is 21.4. The standard InChI is InChI=1S/C15H26N2O3/c18-13(17-10-4-9-16-12-5-6-12)11-15(14(19)20)7-2-1-3-8-15/h12,16H,1-11H2,(H,17,18)(H,19,20). The average Bonchev–Trinajstić information content (AvgIpc) is 3.23. The van der Waals surface area contributed by atoms with Crippen LogP contribution in [0.4, 0.5) is 0 Å². The predicted molar refractivity (Wildman–Crippen MR) is 76.4 cm³/mol. The first-order valence-electron chi connectivity index (χ1n) is 7.86. The van der Waals surface area contributed by atoms with E-state index in [2.05, 4.69) is 10.6 Å². The number of carboxylic acids is 1. The molecule has 0 radical (unpaired) electrons. The summed E-state index contributed by atoms with van der Waals surface area (Å²) in [6.45, 7) is 1.56. The summed E-state index contributed by atoms with van der Waals surface area (Å²) in [6.07, 6.45) is 7.79.